The Morgan fingerprint density at radius 2 is 2.18 bits per heavy atom. The summed E-state index contributed by atoms with van der Waals surface area (Å²) in [6.07, 6.45) is 3.11. The molecule has 0 saturated carbocycles. The highest BCUT2D eigenvalue weighted by molar-refractivity contribution is 9.10. The van der Waals surface area contributed by atoms with Gasteiger partial charge in [0, 0.05) is 23.9 Å². The molecule has 0 saturated heterocycles. The molecule has 2 heterocycles. The van der Waals surface area contributed by atoms with Crippen LogP contribution in [0.25, 0.3) is 0 Å². The van der Waals surface area contributed by atoms with E-state index in [1.807, 2.05) is 0 Å². The van der Waals surface area contributed by atoms with E-state index in [-0.39, 0.29) is 5.03 Å². The summed E-state index contributed by atoms with van der Waals surface area (Å²) in [4.78, 5) is 6.69. The average Bonchev–Trinajstić information content (AvgIpc) is 2.82. The molecule has 0 aromatic carbocycles. The van der Waals surface area contributed by atoms with E-state index < -0.39 is 10.0 Å². The van der Waals surface area contributed by atoms with Gasteiger partial charge in [0.25, 0.3) is 10.0 Å². The number of aromatic amines is 1. The molecule has 0 aliphatic heterocycles. The van der Waals surface area contributed by atoms with Crippen LogP contribution in [0.4, 0.5) is 5.82 Å². The first-order valence-corrected chi connectivity index (χ1v) is 6.99. The van der Waals surface area contributed by atoms with Crippen molar-refractivity contribution in [2.75, 3.05) is 11.4 Å². The predicted molar refractivity (Wildman–Crippen MR) is 68.3 cm³/mol. The van der Waals surface area contributed by atoms with E-state index in [4.69, 9.17) is 0 Å². The second-order valence-corrected chi connectivity index (χ2v) is 6.19. The van der Waals surface area contributed by atoms with Gasteiger partial charge in [-0.05, 0) is 24.3 Å². The van der Waals surface area contributed by atoms with Crippen LogP contribution in [0.3, 0.4) is 0 Å². The third-order valence-corrected chi connectivity index (χ3v) is 4.45. The minimum atomic E-state index is -3.57. The van der Waals surface area contributed by atoms with Gasteiger partial charge in [0.15, 0.2) is 5.03 Å². The lowest BCUT2D eigenvalue weighted by Gasteiger charge is -2.17. The highest BCUT2D eigenvalue weighted by Crippen LogP contribution is 2.21. The Labute approximate surface area is 108 Å². The normalized spacial score (nSPS) is 11.4. The first-order valence-electron chi connectivity index (χ1n) is 4.76. The molecule has 7 heteroatoms. The maximum absolute atomic E-state index is 12.1. The number of rotatable bonds is 3. The van der Waals surface area contributed by atoms with E-state index in [0.717, 1.165) is 8.78 Å². The fourth-order valence-electron chi connectivity index (χ4n) is 1.31. The molecule has 2 rings (SSSR count). The first-order chi connectivity index (χ1) is 8.01. The van der Waals surface area contributed by atoms with Crippen molar-refractivity contribution >= 4 is 31.8 Å². The van der Waals surface area contributed by atoms with Crippen molar-refractivity contribution in [2.45, 2.75) is 5.03 Å². The second-order valence-electron chi connectivity index (χ2n) is 3.34. The molecule has 1 N–H and O–H groups in total. The number of halogens is 1. The molecule has 0 aliphatic rings. The van der Waals surface area contributed by atoms with Gasteiger partial charge in [0.1, 0.15) is 5.82 Å². The number of nitrogens with one attached hydrogen (secondary N) is 1. The zero-order valence-electron chi connectivity index (χ0n) is 8.96. The standard InChI is InChI=1S/C10H10BrN3O2S/c1-14(9-7-8(11)4-6-12-9)17(15,16)10-3-2-5-13-10/h2-7,13H,1H3. The van der Waals surface area contributed by atoms with Crippen LogP contribution >= 0.6 is 15.9 Å². The number of sulfonamides is 1. The summed E-state index contributed by atoms with van der Waals surface area (Å²) >= 11 is 3.28. The summed E-state index contributed by atoms with van der Waals surface area (Å²) < 4.78 is 26.2. The van der Waals surface area contributed by atoms with Gasteiger partial charge in [-0.15, -0.1) is 0 Å². The smallest absolute Gasteiger partial charge is 0.280 e. The molecule has 0 aliphatic carbocycles. The number of pyridine rings is 1. The third-order valence-electron chi connectivity index (χ3n) is 2.24. The molecule has 0 radical (unpaired) electrons. The Morgan fingerprint density at radius 1 is 1.41 bits per heavy atom. The van der Waals surface area contributed by atoms with Gasteiger partial charge in [0.05, 0.1) is 0 Å². The van der Waals surface area contributed by atoms with Crippen LogP contribution in [0.2, 0.25) is 0 Å². The molecular formula is C10H10BrN3O2S. The number of hydrogen-bond donors (Lipinski definition) is 1. The summed E-state index contributed by atoms with van der Waals surface area (Å²) in [5, 5.41) is 0.141. The van der Waals surface area contributed by atoms with Crippen LogP contribution in [-0.4, -0.2) is 25.4 Å². The highest BCUT2D eigenvalue weighted by atomic mass is 79.9. The van der Waals surface area contributed by atoms with Crippen molar-refractivity contribution in [3.63, 3.8) is 0 Å². The number of hydrogen-bond acceptors (Lipinski definition) is 3. The molecule has 0 spiro atoms. The second kappa shape index (κ2) is 4.50. The molecule has 2 aromatic rings. The summed E-state index contributed by atoms with van der Waals surface area (Å²) in [6, 6.07) is 6.51. The molecule has 5 nitrogen and oxygen atoms in total. The number of anilines is 1. The first kappa shape index (κ1) is 12.1. The van der Waals surface area contributed by atoms with E-state index in [9.17, 15) is 8.42 Å². The minimum absolute atomic E-state index is 0.141. The predicted octanol–water partition coefficient (Wildman–Crippen LogP) is 2.00. The van der Waals surface area contributed by atoms with Gasteiger partial charge in [0.2, 0.25) is 0 Å². The summed E-state index contributed by atoms with van der Waals surface area (Å²) in [7, 11) is -2.11. The van der Waals surface area contributed by atoms with Gasteiger partial charge in [-0.1, -0.05) is 15.9 Å². The van der Waals surface area contributed by atoms with Crippen molar-refractivity contribution in [1.29, 1.82) is 0 Å². The summed E-state index contributed by atoms with van der Waals surface area (Å²) in [6.45, 7) is 0. The van der Waals surface area contributed by atoms with Crippen molar-refractivity contribution in [1.82, 2.24) is 9.97 Å². The SMILES string of the molecule is CN(c1cc(Br)ccn1)S(=O)(=O)c1ccc[nH]1. The average molecular weight is 316 g/mol. The van der Waals surface area contributed by atoms with Crippen LogP contribution in [-0.2, 0) is 10.0 Å². The Bertz CT molecular complexity index is 610. The van der Waals surface area contributed by atoms with E-state index in [2.05, 4.69) is 25.9 Å². The lowest BCUT2D eigenvalue weighted by molar-refractivity contribution is 0.591. The van der Waals surface area contributed by atoms with Crippen molar-refractivity contribution in [3.8, 4) is 0 Å². The number of nitrogens with zero attached hydrogens (tertiary/aromatic N) is 2. The fourth-order valence-corrected chi connectivity index (χ4v) is 2.74. The van der Waals surface area contributed by atoms with Crippen molar-refractivity contribution in [3.05, 3.63) is 41.1 Å². The van der Waals surface area contributed by atoms with Crippen LogP contribution in [0.1, 0.15) is 0 Å². The Balaban J connectivity index is 2.42. The summed E-state index contributed by atoms with van der Waals surface area (Å²) in [5.74, 6) is 0.356. The van der Waals surface area contributed by atoms with Crippen molar-refractivity contribution in [2.24, 2.45) is 0 Å². The van der Waals surface area contributed by atoms with E-state index in [1.165, 1.54) is 13.1 Å². The van der Waals surface area contributed by atoms with Crippen LogP contribution < -0.4 is 4.31 Å². The summed E-state index contributed by atoms with van der Waals surface area (Å²) in [5.41, 5.74) is 0. The molecule has 17 heavy (non-hydrogen) atoms. The highest BCUT2D eigenvalue weighted by Gasteiger charge is 2.22. The van der Waals surface area contributed by atoms with E-state index in [0.29, 0.717) is 5.82 Å². The molecule has 0 amide bonds. The van der Waals surface area contributed by atoms with Gasteiger partial charge in [-0.3, -0.25) is 4.31 Å². The van der Waals surface area contributed by atoms with Crippen molar-refractivity contribution < 1.29 is 8.42 Å². The van der Waals surface area contributed by atoms with Gasteiger partial charge < -0.3 is 4.98 Å². The molecule has 2 aromatic heterocycles. The van der Waals surface area contributed by atoms with Crippen LogP contribution in [0, 0.1) is 0 Å². The molecule has 0 atom stereocenters. The third kappa shape index (κ3) is 2.34. The molecule has 0 unspecified atom stereocenters. The number of H-pyrrole nitrogens is 1. The molecule has 0 bridgehead atoms. The molecular weight excluding hydrogens is 306 g/mol. The lowest BCUT2D eigenvalue weighted by Crippen LogP contribution is -2.27. The molecule has 0 fully saturated rings. The Morgan fingerprint density at radius 3 is 2.76 bits per heavy atom. The van der Waals surface area contributed by atoms with Gasteiger partial charge >= 0.3 is 0 Å². The van der Waals surface area contributed by atoms with Gasteiger partial charge in [-0.25, -0.2) is 4.98 Å². The fraction of sp³-hybridized carbons (Fsp3) is 0.100. The quantitative estimate of drug-likeness (QED) is 0.942. The Kier molecular flexibility index (Phi) is 3.21. The maximum atomic E-state index is 12.1. The minimum Gasteiger partial charge on any atom is -0.351 e. The van der Waals surface area contributed by atoms with E-state index in [1.54, 1.807) is 30.6 Å². The van der Waals surface area contributed by atoms with E-state index >= 15 is 0 Å². The maximum Gasteiger partial charge on any atom is 0.280 e. The topological polar surface area (TPSA) is 66.1 Å². The van der Waals surface area contributed by atoms with Gasteiger partial charge in [-0.2, -0.15) is 8.42 Å². The zero-order chi connectivity index (χ0) is 12.5. The monoisotopic (exact) mass is 315 g/mol. The lowest BCUT2D eigenvalue weighted by atomic mass is 10.5. The Hall–Kier alpha value is -1.34. The van der Waals surface area contributed by atoms with Crippen LogP contribution in [0.5, 0.6) is 0 Å². The van der Waals surface area contributed by atoms with Crippen LogP contribution in [0.15, 0.2) is 46.2 Å². The largest absolute Gasteiger partial charge is 0.351 e. The number of aromatic nitrogens is 2. The zero-order valence-corrected chi connectivity index (χ0v) is 11.4. The molecule has 90 valence electrons.